The van der Waals surface area contributed by atoms with E-state index in [1.165, 1.54) is 4.90 Å². The van der Waals surface area contributed by atoms with Gasteiger partial charge in [0.1, 0.15) is 0 Å². The molecular formula is C13H19F2N3O. The van der Waals surface area contributed by atoms with E-state index in [1.807, 2.05) is 30.3 Å². The molecule has 1 atom stereocenters. The third kappa shape index (κ3) is 5.32. The molecule has 1 aromatic carbocycles. The average Bonchev–Trinajstić information content (AvgIpc) is 2.36. The van der Waals surface area contributed by atoms with Gasteiger partial charge in [-0.3, -0.25) is 10.3 Å². The maximum Gasteiger partial charge on any atom is 0.251 e. The summed E-state index contributed by atoms with van der Waals surface area (Å²) in [6, 6.07) is 9.09. The molecule has 0 saturated heterocycles. The molecule has 6 heteroatoms. The van der Waals surface area contributed by atoms with Crippen molar-refractivity contribution in [1.29, 1.82) is 5.41 Å². The zero-order valence-corrected chi connectivity index (χ0v) is 10.6. The summed E-state index contributed by atoms with van der Waals surface area (Å²) in [5.74, 6) is -0.505. The summed E-state index contributed by atoms with van der Waals surface area (Å²) in [4.78, 5) is 1.42. The summed E-state index contributed by atoms with van der Waals surface area (Å²) in [6.45, 7) is -0.297. The Balaban J connectivity index is 2.79. The third-order valence-corrected chi connectivity index (χ3v) is 2.83. The van der Waals surface area contributed by atoms with Crippen molar-refractivity contribution >= 4 is 5.84 Å². The van der Waals surface area contributed by atoms with Crippen molar-refractivity contribution in [2.24, 2.45) is 5.73 Å². The second kappa shape index (κ2) is 7.81. The van der Waals surface area contributed by atoms with Crippen LogP contribution in [0.3, 0.4) is 0 Å². The number of hydrogen-bond donors (Lipinski definition) is 3. The summed E-state index contributed by atoms with van der Waals surface area (Å²) in [5, 5.41) is 16.5. The van der Waals surface area contributed by atoms with E-state index in [0.29, 0.717) is 0 Å². The van der Waals surface area contributed by atoms with E-state index in [9.17, 15) is 8.78 Å². The third-order valence-electron chi connectivity index (χ3n) is 2.83. The van der Waals surface area contributed by atoms with Gasteiger partial charge in [-0.25, -0.2) is 8.78 Å². The lowest BCUT2D eigenvalue weighted by Crippen LogP contribution is -2.38. The predicted octanol–water partition coefficient (Wildman–Crippen LogP) is 1.27. The van der Waals surface area contributed by atoms with Gasteiger partial charge in [0.05, 0.1) is 24.9 Å². The Morgan fingerprint density at radius 3 is 2.37 bits per heavy atom. The number of halogens is 2. The van der Waals surface area contributed by atoms with Crippen LogP contribution in [0.1, 0.15) is 11.5 Å². The van der Waals surface area contributed by atoms with E-state index in [2.05, 4.69) is 0 Å². The zero-order valence-electron chi connectivity index (χ0n) is 10.6. The molecule has 0 heterocycles. The van der Waals surface area contributed by atoms with Gasteiger partial charge in [0.25, 0.3) is 6.43 Å². The van der Waals surface area contributed by atoms with Crippen LogP contribution < -0.4 is 5.73 Å². The van der Waals surface area contributed by atoms with Crippen molar-refractivity contribution in [3.8, 4) is 0 Å². The Hall–Kier alpha value is -1.53. The summed E-state index contributed by atoms with van der Waals surface area (Å²) in [6.07, 6.45) is -2.48. The van der Waals surface area contributed by atoms with Crippen molar-refractivity contribution in [3.63, 3.8) is 0 Å². The molecule has 0 radical (unpaired) electrons. The molecule has 0 amide bonds. The largest absolute Gasteiger partial charge is 0.395 e. The van der Waals surface area contributed by atoms with E-state index >= 15 is 0 Å². The van der Waals surface area contributed by atoms with Gasteiger partial charge in [0.2, 0.25) is 0 Å². The predicted molar refractivity (Wildman–Crippen MR) is 70.6 cm³/mol. The number of aliphatic hydroxyl groups is 1. The Bertz CT molecular complexity index is 387. The number of nitrogens with one attached hydrogen (secondary N) is 1. The number of rotatable bonds is 8. The first-order chi connectivity index (χ1) is 9.04. The second-order valence-electron chi connectivity index (χ2n) is 4.29. The maximum absolute atomic E-state index is 12.5. The Labute approximate surface area is 111 Å². The number of amidine groups is 1. The van der Waals surface area contributed by atoms with Crippen molar-refractivity contribution in [3.05, 3.63) is 35.9 Å². The normalized spacial score (nSPS) is 12.9. The van der Waals surface area contributed by atoms with Crippen LogP contribution in [0.5, 0.6) is 0 Å². The number of benzene rings is 1. The molecule has 0 bridgehead atoms. The lowest BCUT2D eigenvalue weighted by Gasteiger charge is -2.26. The Morgan fingerprint density at radius 1 is 1.26 bits per heavy atom. The van der Waals surface area contributed by atoms with Crippen LogP contribution in [0.4, 0.5) is 8.78 Å². The van der Waals surface area contributed by atoms with Gasteiger partial charge in [0, 0.05) is 13.1 Å². The van der Waals surface area contributed by atoms with Gasteiger partial charge in [0.15, 0.2) is 0 Å². The van der Waals surface area contributed by atoms with Crippen LogP contribution in [0.25, 0.3) is 0 Å². The molecule has 0 saturated carbocycles. The van der Waals surface area contributed by atoms with Crippen LogP contribution in [-0.4, -0.2) is 48.5 Å². The van der Waals surface area contributed by atoms with E-state index in [4.69, 9.17) is 16.2 Å². The fourth-order valence-corrected chi connectivity index (χ4v) is 1.92. The number of aliphatic hydroxyl groups excluding tert-OH is 1. The van der Waals surface area contributed by atoms with Crippen LogP contribution in [0.15, 0.2) is 30.3 Å². The number of alkyl halides is 2. The first-order valence-electron chi connectivity index (χ1n) is 6.04. The summed E-state index contributed by atoms with van der Waals surface area (Å²) < 4.78 is 24.9. The van der Waals surface area contributed by atoms with E-state index in [1.54, 1.807) is 0 Å². The highest BCUT2D eigenvalue weighted by molar-refractivity contribution is 5.84. The van der Waals surface area contributed by atoms with E-state index in [-0.39, 0.29) is 25.5 Å². The van der Waals surface area contributed by atoms with Gasteiger partial charge in [-0.05, 0) is 5.56 Å². The van der Waals surface area contributed by atoms with Gasteiger partial charge in [-0.2, -0.15) is 0 Å². The number of hydrogen-bond acceptors (Lipinski definition) is 3. The highest BCUT2D eigenvalue weighted by Gasteiger charge is 2.20. The molecule has 0 aromatic heterocycles. The molecule has 1 aromatic rings. The smallest absolute Gasteiger partial charge is 0.251 e. The van der Waals surface area contributed by atoms with Gasteiger partial charge >= 0.3 is 0 Å². The molecule has 106 valence electrons. The fourth-order valence-electron chi connectivity index (χ4n) is 1.92. The monoisotopic (exact) mass is 271 g/mol. The molecule has 0 fully saturated rings. The van der Waals surface area contributed by atoms with Gasteiger partial charge in [-0.1, -0.05) is 30.3 Å². The van der Waals surface area contributed by atoms with Crippen molar-refractivity contribution in [1.82, 2.24) is 4.90 Å². The van der Waals surface area contributed by atoms with Crippen molar-refractivity contribution in [2.75, 3.05) is 26.2 Å². The molecule has 1 rings (SSSR count). The minimum Gasteiger partial charge on any atom is -0.395 e. The number of nitrogens with two attached hydrogens (primary N) is 1. The number of nitrogens with zero attached hydrogens (tertiary/aromatic N) is 1. The second-order valence-corrected chi connectivity index (χ2v) is 4.29. The Morgan fingerprint density at radius 2 is 1.89 bits per heavy atom. The first kappa shape index (κ1) is 15.5. The molecule has 4 nitrogen and oxygen atoms in total. The first-order valence-corrected chi connectivity index (χ1v) is 6.04. The SMILES string of the molecule is N=C(N)C(CN(CCO)CC(F)F)c1ccccc1. The molecule has 4 N–H and O–H groups in total. The van der Waals surface area contributed by atoms with Crippen LogP contribution in [-0.2, 0) is 0 Å². The Kier molecular flexibility index (Phi) is 6.38. The fraction of sp³-hybridized carbons (Fsp3) is 0.462. The minimum absolute atomic E-state index is 0.0663. The molecule has 0 aliphatic carbocycles. The van der Waals surface area contributed by atoms with Crippen molar-refractivity contribution < 1.29 is 13.9 Å². The van der Waals surface area contributed by atoms with E-state index < -0.39 is 18.9 Å². The summed E-state index contributed by atoms with van der Waals surface area (Å²) in [7, 11) is 0. The topological polar surface area (TPSA) is 73.3 Å². The van der Waals surface area contributed by atoms with Crippen molar-refractivity contribution in [2.45, 2.75) is 12.3 Å². The highest BCUT2D eigenvalue weighted by atomic mass is 19.3. The summed E-state index contributed by atoms with van der Waals surface area (Å²) in [5.41, 5.74) is 6.36. The quantitative estimate of drug-likeness (QED) is 0.492. The molecule has 1 unspecified atom stereocenters. The molecular weight excluding hydrogens is 252 g/mol. The standard InChI is InChI=1S/C13H19F2N3O/c14-12(15)9-18(6-7-19)8-11(13(16)17)10-4-2-1-3-5-10/h1-5,11-12,19H,6-9H2,(H3,16,17). The van der Waals surface area contributed by atoms with Crippen LogP contribution >= 0.6 is 0 Å². The van der Waals surface area contributed by atoms with Crippen LogP contribution in [0.2, 0.25) is 0 Å². The van der Waals surface area contributed by atoms with Gasteiger partial charge < -0.3 is 10.8 Å². The molecule has 0 spiro atoms. The lowest BCUT2D eigenvalue weighted by molar-refractivity contribution is 0.0777. The van der Waals surface area contributed by atoms with Crippen LogP contribution in [0, 0.1) is 5.41 Å². The zero-order chi connectivity index (χ0) is 14.3. The van der Waals surface area contributed by atoms with Gasteiger partial charge in [-0.15, -0.1) is 0 Å². The van der Waals surface area contributed by atoms with E-state index in [0.717, 1.165) is 5.56 Å². The molecule has 19 heavy (non-hydrogen) atoms. The lowest BCUT2D eigenvalue weighted by atomic mass is 9.97. The minimum atomic E-state index is -2.48. The average molecular weight is 271 g/mol. The highest BCUT2D eigenvalue weighted by Crippen LogP contribution is 2.17. The maximum atomic E-state index is 12.5. The summed E-state index contributed by atoms with van der Waals surface area (Å²) >= 11 is 0. The molecule has 0 aliphatic rings. The molecule has 0 aliphatic heterocycles.